The fraction of sp³-hybridized carbons (Fsp3) is 0.0769. The lowest BCUT2D eigenvalue weighted by atomic mass is 10.2. The fourth-order valence-corrected chi connectivity index (χ4v) is 2.21. The Balaban J connectivity index is 2.16. The summed E-state index contributed by atoms with van der Waals surface area (Å²) in [5, 5.41) is 18.4. The zero-order chi connectivity index (χ0) is 12.8. The van der Waals surface area contributed by atoms with Gasteiger partial charge in [-0.3, -0.25) is 4.98 Å². The molecule has 0 atom stereocenters. The van der Waals surface area contributed by atoms with Gasteiger partial charge in [0.2, 0.25) is 0 Å². The first kappa shape index (κ1) is 12.1. The molecule has 5 heteroatoms. The molecule has 2 aromatic heterocycles. The highest BCUT2D eigenvalue weighted by Gasteiger charge is 2.06. The number of nitrogens with zero attached hydrogens (tertiary/aromatic N) is 4. The second kappa shape index (κ2) is 5.81. The second-order valence-corrected chi connectivity index (χ2v) is 4.41. The molecule has 18 heavy (non-hydrogen) atoms. The molecule has 2 aromatic rings. The van der Waals surface area contributed by atoms with E-state index in [9.17, 15) is 0 Å². The summed E-state index contributed by atoms with van der Waals surface area (Å²) in [6, 6.07) is 9.42. The predicted molar refractivity (Wildman–Crippen MR) is 67.5 cm³/mol. The van der Waals surface area contributed by atoms with Gasteiger partial charge in [-0.25, -0.2) is 4.98 Å². The lowest BCUT2D eigenvalue weighted by Crippen LogP contribution is -1.90. The van der Waals surface area contributed by atoms with Crippen molar-refractivity contribution in [1.29, 1.82) is 10.5 Å². The van der Waals surface area contributed by atoms with Gasteiger partial charge in [0.05, 0.1) is 11.1 Å². The monoisotopic (exact) mass is 252 g/mol. The maximum Gasteiger partial charge on any atom is 0.114 e. The summed E-state index contributed by atoms with van der Waals surface area (Å²) in [6.07, 6.45) is 4.98. The van der Waals surface area contributed by atoms with Crippen molar-refractivity contribution >= 4 is 11.8 Å². The maximum atomic E-state index is 9.01. The number of thioether (sulfide) groups is 1. The van der Waals surface area contributed by atoms with Gasteiger partial charge < -0.3 is 0 Å². The minimum absolute atomic E-state index is 0.400. The van der Waals surface area contributed by atoms with E-state index >= 15 is 0 Å². The molecule has 2 rings (SSSR count). The van der Waals surface area contributed by atoms with Crippen LogP contribution in [0.4, 0.5) is 0 Å². The van der Waals surface area contributed by atoms with Gasteiger partial charge in [0, 0.05) is 24.3 Å². The molecule has 2 heterocycles. The van der Waals surface area contributed by atoms with Gasteiger partial charge in [-0.1, -0.05) is 6.07 Å². The Morgan fingerprint density at radius 3 is 2.78 bits per heavy atom. The minimum Gasteiger partial charge on any atom is -0.264 e. The SMILES string of the molecule is N#Cc1cnc(SCc2cccnc2)c(C#N)c1. The molecule has 86 valence electrons. The Morgan fingerprint density at radius 1 is 1.22 bits per heavy atom. The molecular formula is C13H8N4S. The molecule has 0 unspecified atom stereocenters. The van der Waals surface area contributed by atoms with E-state index in [2.05, 4.69) is 16.0 Å². The summed E-state index contributed by atoms with van der Waals surface area (Å²) in [6.45, 7) is 0. The summed E-state index contributed by atoms with van der Waals surface area (Å²) in [5.41, 5.74) is 1.90. The second-order valence-electron chi connectivity index (χ2n) is 3.45. The molecule has 0 fully saturated rings. The lowest BCUT2D eigenvalue weighted by Gasteiger charge is -2.02. The lowest BCUT2D eigenvalue weighted by molar-refractivity contribution is 1.10. The third kappa shape index (κ3) is 2.85. The van der Waals surface area contributed by atoms with E-state index < -0.39 is 0 Å². The Labute approximate surface area is 109 Å². The van der Waals surface area contributed by atoms with Crippen molar-refractivity contribution in [3.8, 4) is 12.1 Å². The normalized spacial score (nSPS) is 9.44. The van der Waals surface area contributed by atoms with Gasteiger partial charge in [-0.05, 0) is 17.7 Å². The Bertz CT molecular complexity index is 626. The van der Waals surface area contributed by atoms with Crippen molar-refractivity contribution in [2.24, 2.45) is 0 Å². The van der Waals surface area contributed by atoms with Crippen LogP contribution >= 0.6 is 11.8 Å². The summed E-state index contributed by atoms with van der Waals surface area (Å²) in [7, 11) is 0. The molecule has 0 amide bonds. The summed E-state index contributed by atoms with van der Waals surface area (Å²) in [5.74, 6) is 0.696. The molecule has 0 radical (unpaired) electrons. The molecule has 0 aliphatic heterocycles. The number of pyridine rings is 2. The Morgan fingerprint density at radius 2 is 2.11 bits per heavy atom. The third-order valence-corrected chi connectivity index (χ3v) is 3.28. The van der Waals surface area contributed by atoms with Gasteiger partial charge in [-0.15, -0.1) is 11.8 Å². The molecule has 0 saturated heterocycles. The first-order valence-corrected chi connectivity index (χ1v) is 6.14. The largest absolute Gasteiger partial charge is 0.264 e. The van der Waals surface area contributed by atoms with Crippen LogP contribution in [0.3, 0.4) is 0 Å². The van der Waals surface area contributed by atoms with Crippen LogP contribution in [0, 0.1) is 22.7 Å². The zero-order valence-corrected chi connectivity index (χ0v) is 10.2. The average molecular weight is 252 g/mol. The summed E-state index contributed by atoms with van der Waals surface area (Å²) in [4.78, 5) is 8.16. The third-order valence-electron chi connectivity index (χ3n) is 2.20. The van der Waals surface area contributed by atoms with Crippen LogP contribution in [-0.4, -0.2) is 9.97 Å². The van der Waals surface area contributed by atoms with Crippen LogP contribution in [0.1, 0.15) is 16.7 Å². The minimum atomic E-state index is 0.400. The molecular weight excluding hydrogens is 244 g/mol. The van der Waals surface area contributed by atoms with Crippen LogP contribution in [0.25, 0.3) is 0 Å². The van der Waals surface area contributed by atoms with Crippen molar-refractivity contribution < 1.29 is 0 Å². The quantitative estimate of drug-likeness (QED) is 0.785. The molecule has 0 N–H and O–H groups in total. The number of rotatable bonds is 3. The van der Waals surface area contributed by atoms with Crippen molar-refractivity contribution in [3.63, 3.8) is 0 Å². The van der Waals surface area contributed by atoms with Gasteiger partial charge in [0.1, 0.15) is 17.2 Å². The Hall–Kier alpha value is -2.37. The number of nitriles is 2. The van der Waals surface area contributed by atoms with E-state index in [1.54, 1.807) is 18.5 Å². The highest BCUT2D eigenvalue weighted by molar-refractivity contribution is 7.98. The molecule has 0 bridgehead atoms. The van der Waals surface area contributed by atoms with E-state index in [-0.39, 0.29) is 0 Å². The molecule has 0 spiro atoms. The van der Waals surface area contributed by atoms with Crippen LogP contribution in [0.2, 0.25) is 0 Å². The van der Waals surface area contributed by atoms with Gasteiger partial charge in [-0.2, -0.15) is 10.5 Å². The zero-order valence-electron chi connectivity index (χ0n) is 9.37. The summed E-state index contributed by atoms with van der Waals surface area (Å²) >= 11 is 1.46. The summed E-state index contributed by atoms with van der Waals surface area (Å²) < 4.78 is 0. The number of hydrogen-bond donors (Lipinski definition) is 0. The van der Waals surface area contributed by atoms with Crippen LogP contribution in [-0.2, 0) is 5.75 Å². The number of hydrogen-bond acceptors (Lipinski definition) is 5. The van der Waals surface area contributed by atoms with Crippen molar-refractivity contribution in [2.45, 2.75) is 10.8 Å². The maximum absolute atomic E-state index is 9.01. The standard InChI is InChI=1S/C13H8N4S/c14-5-11-4-12(6-15)13(17-8-11)18-9-10-2-1-3-16-7-10/h1-4,7-8H,9H2. The van der Waals surface area contributed by atoms with Gasteiger partial charge in [0.15, 0.2) is 0 Å². The molecule has 4 nitrogen and oxygen atoms in total. The predicted octanol–water partition coefficient (Wildman–Crippen LogP) is 2.51. The van der Waals surface area contributed by atoms with Crippen molar-refractivity contribution in [3.05, 3.63) is 53.5 Å². The average Bonchev–Trinajstić information content (AvgIpc) is 2.46. The smallest absolute Gasteiger partial charge is 0.114 e. The first-order valence-electron chi connectivity index (χ1n) is 5.15. The molecule has 0 aromatic carbocycles. The molecule has 0 aliphatic carbocycles. The Kier molecular flexibility index (Phi) is 3.90. The molecule has 0 saturated carbocycles. The fourth-order valence-electron chi connectivity index (χ4n) is 1.34. The van der Waals surface area contributed by atoms with Crippen molar-refractivity contribution in [1.82, 2.24) is 9.97 Å². The van der Waals surface area contributed by atoms with Gasteiger partial charge in [0.25, 0.3) is 0 Å². The van der Waals surface area contributed by atoms with Crippen LogP contribution < -0.4 is 0 Å². The van der Waals surface area contributed by atoms with E-state index in [1.165, 1.54) is 18.0 Å². The van der Waals surface area contributed by atoms with Gasteiger partial charge >= 0.3 is 0 Å². The van der Waals surface area contributed by atoms with E-state index in [1.807, 2.05) is 18.2 Å². The first-order chi connectivity index (χ1) is 8.83. The van der Waals surface area contributed by atoms with E-state index in [0.29, 0.717) is 21.9 Å². The van der Waals surface area contributed by atoms with E-state index in [0.717, 1.165) is 5.56 Å². The highest BCUT2D eigenvalue weighted by atomic mass is 32.2. The van der Waals surface area contributed by atoms with Crippen molar-refractivity contribution in [2.75, 3.05) is 0 Å². The topological polar surface area (TPSA) is 73.4 Å². The van der Waals surface area contributed by atoms with Crippen LogP contribution in [0.15, 0.2) is 41.8 Å². The number of aromatic nitrogens is 2. The van der Waals surface area contributed by atoms with Crippen LogP contribution in [0.5, 0.6) is 0 Å². The highest BCUT2D eigenvalue weighted by Crippen LogP contribution is 2.24. The van der Waals surface area contributed by atoms with E-state index in [4.69, 9.17) is 10.5 Å². The molecule has 0 aliphatic rings.